The standard InChI is InChI=1S/C11H20N4O/c1-3-5-12-7-10-14-15-11(16-10)13-9-6-8(9)4-2/h8-9,12H,3-7H2,1-2H3,(H,13,15). The molecule has 0 saturated heterocycles. The van der Waals surface area contributed by atoms with Crippen molar-refractivity contribution >= 4 is 6.01 Å². The van der Waals surface area contributed by atoms with Gasteiger partial charge in [0.15, 0.2) is 0 Å². The van der Waals surface area contributed by atoms with Crippen LogP contribution in [0.2, 0.25) is 0 Å². The maximum atomic E-state index is 5.48. The third kappa shape index (κ3) is 2.95. The Balaban J connectivity index is 1.74. The van der Waals surface area contributed by atoms with Gasteiger partial charge in [0.2, 0.25) is 5.89 Å². The van der Waals surface area contributed by atoms with Crippen molar-refractivity contribution in [3.8, 4) is 0 Å². The Bertz CT molecular complexity index is 326. The highest BCUT2D eigenvalue weighted by atomic mass is 16.4. The number of rotatable bonds is 7. The SMILES string of the molecule is CCCNCc1nnc(NC2CC2CC)o1. The van der Waals surface area contributed by atoms with Gasteiger partial charge in [0.05, 0.1) is 6.54 Å². The largest absolute Gasteiger partial charge is 0.407 e. The molecular formula is C11H20N4O. The molecule has 16 heavy (non-hydrogen) atoms. The highest BCUT2D eigenvalue weighted by molar-refractivity contribution is 5.24. The van der Waals surface area contributed by atoms with Crippen LogP contribution >= 0.6 is 0 Å². The van der Waals surface area contributed by atoms with Crippen molar-refractivity contribution in [3.05, 3.63) is 5.89 Å². The zero-order valence-electron chi connectivity index (χ0n) is 9.99. The molecule has 1 aliphatic rings. The molecule has 90 valence electrons. The Morgan fingerprint density at radius 2 is 2.25 bits per heavy atom. The quantitative estimate of drug-likeness (QED) is 0.691. The van der Waals surface area contributed by atoms with E-state index in [1.54, 1.807) is 0 Å². The second kappa shape index (κ2) is 5.30. The summed E-state index contributed by atoms with van der Waals surface area (Å²) in [6.07, 6.45) is 3.55. The van der Waals surface area contributed by atoms with Crippen LogP contribution in [0.4, 0.5) is 6.01 Å². The van der Waals surface area contributed by atoms with Gasteiger partial charge >= 0.3 is 6.01 Å². The van der Waals surface area contributed by atoms with Gasteiger partial charge in [-0.15, -0.1) is 5.10 Å². The molecule has 1 aliphatic carbocycles. The first-order chi connectivity index (χ1) is 7.83. The lowest BCUT2D eigenvalue weighted by atomic mass is 10.3. The highest BCUT2D eigenvalue weighted by Crippen LogP contribution is 2.35. The smallest absolute Gasteiger partial charge is 0.315 e. The number of nitrogens with one attached hydrogen (secondary N) is 2. The molecule has 0 bridgehead atoms. The van der Waals surface area contributed by atoms with Crippen molar-refractivity contribution in [2.45, 2.75) is 45.7 Å². The fraction of sp³-hybridized carbons (Fsp3) is 0.818. The Morgan fingerprint density at radius 1 is 1.38 bits per heavy atom. The van der Waals surface area contributed by atoms with E-state index in [2.05, 4.69) is 34.7 Å². The third-order valence-electron chi connectivity index (χ3n) is 2.93. The average Bonchev–Trinajstić information content (AvgIpc) is 2.89. The van der Waals surface area contributed by atoms with E-state index in [4.69, 9.17) is 4.42 Å². The first kappa shape index (κ1) is 11.4. The molecule has 2 N–H and O–H groups in total. The summed E-state index contributed by atoms with van der Waals surface area (Å²) in [7, 11) is 0. The topological polar surface area (TPSA) is 63.0 Å². The van der Waals surface area contributed by atoms with Gasteiger partial charge in [0.25, 0.3) is 0 Å². The molecule has 1 heterocycles. The second-order valence-electron chi connectivity index (χ2n) is 4.33. The van der Waals surface area contributed by atoms with E-state index < -0.39 is 0 Å². The first-order valence-electron chi connectivity index (χ1n) is 6.13. The summed E-state index contributed by atoms with van der Waals surface area (Å²) in [6, 6.07) is 1.11. The Hall–Kier alpha value is -1.10. The molecule has 1 fully saturated rings. The first-order valence-corrected chi connectivity index (χ1v) is 6.13. The van der Waals surface area contributed by atoms with Gasteiger partial charge < -0.3 is 15.1 Å². The van der Waals surface area contributed by atoms with Gasteiger partial charge in [-0.3, -0.25) is 0 Å². The molecule has 5 nitrogen and oxygen atoms in total. The summed E-state index contributed by atoms with van der Waals surface area (Å²) in [5.74, 6) is 1.44. The summed E-state index contributed by atoms with van der Waals surface area (Å²) in [5, 5.41) is 14.4. The van der Waals surface area contributed by atoms with Crippen LogP contribution in [0.15, 0.2) is 4.42 Å². The van der Waals surface area contributed by atoms with Crippen LogP contribution in [0.25, 0.3) is 0 Å². The molecule has 0 radical (unpaired) electrons. The molecule has 0 aliphatic heterocycles. The van der Waals surface area contributed by atoms with E-state index >= 15 is 0 Å². The van der Waals surface area contributed by atoms with Crippen molar-refractivity contribution in [2.24, 2.45) is 5.92 Å². The molecule has 0 aromatic carbocycles. The Kier molecular flexibility index (Phi) is 3.77. The van der Waals surface area contributed by atoms with Crippen LogP contribution in [-0.2, 0) is 6.54 Å². The fourth-order valence-electron chi connectivity index (χ4n) is 1.79. The van der Waals surface area contributed by atoms with E-state index in [0.29, 0.717) is 24.5 Å². The third-order valence-corrected chi connectivity index (χ3v) is 2.93. The number of nitrogens with zero attached hydrogens (tertiary/aromatic N) is 2. The van der Waals surface area contributed by atoms with Gasteiger partial charge in [0.1, 0.15) is 0 Å². The molecule has 0 spiro atoms. The normalized spacial score (nSPS) is 23.4. The molecule has 2 rings (SSSR count). The molecule has 2 atom stereocenters. The molecule has 1 aromatic heterocycles. The lowest BCUT2D eigenvalue weighted by Crippen LogP contribution is -2.13. The lowest BCUT2D eigenvalue weighted by Gasteiger charge is -1.98. The van der Waals surface area contributed by atoms with Crippen molar-refractivity contribution in [3.63, 3.8) is 0 Å². The number of hydrogen-bond acceptors (Lipinski definition) is 5. The molecule has 1 saturated carbocycles. The molecule has 2 unspecified atom stereocenters. The van der Waals surface area contributed by atoms with Crippen molar-refractivity contribution in [1.29, 1.82) is 0 Å². The summed E-state index contributed by atoms with van der Waals surface area (Å²) >= 11 is 0. The summed E-state index contributed by atoms with van der Waals surface area (Å²) in [4.78, 5) is 0. The van der Waals surface area contributed by atoms with Gasteiger partial charge in [0, 0.05) is 6.04 Å². The number of hydrogen-bond donors (Lipinski definition) is 2. The van der Waals surface area contributed by atoms with Gasteiger partial charge in [-0.1, -0.05) is 25.4 Å². The van der Waals surface area contributed by atoms with Crippen LogP contribution in [0.5, 0.6) is 0 Å². The lowest BCUT2D eigenvalue weighted by molar-refractivity contribution is 0.476. The molecule has 0 amide bonds. The predicted molar refractivity (Wildman–Crippen MR) is 62.1 cm³/mol. The second-order valence-corrected chi connectivity index (χ2v) is 4.33. The summed E-state index contributed by atoms with van der Waals surface area (Å²) in [6.45, 7) is 5.97. The van der Waals surface area contributed by atoms with Crippen LogP contribution in [-0.4, -0.2) is 22.8 Å². The van der Waals surface area contributed by atoms with Crippen molar-refractivity contribution < 1.29 is 4.42 Å². The van der Waals surface area contributed by atoms with Crippen LogP contribution in [0.1, 0.15) is 39.0 Å². The fourth-order valence-corrected chi connectivity index (χ4v) is 1.79. The van der Waals surface area contributed by atoms with E-state index in [0.717, 1.165) is 18.9 Å². The van der Waals surface area contributed by atoms with Crippen LogP contribution < -0.4 is 10.6 Å². The highest BCUT2D eigenvalue weighted by Gasteiger charge is 2.36. The van der Waals surface area contributed by atoms with Crippen LogP contribution in [0, 0.1) is 5.92 Å². The van der Waals surface area contributed by atoms with Crippen molar-refractivity contribution in [2.75, 3.05) is 11.9 Å². The maximum absolute atomic E-state index is 5.48. The van der Waals surface area contributed by atoms with Gasteiger partial charge in [-0.2, -0.15) is 0 Å². The minimum absolute atomic E-state index is 0.543. The maximum Gasteiger partial charge on any atom is 0.315 e. The molecular weight excluding hydrogens is 204 g/mol. The van der Waals surface area contributed by atoms with Gasteiger partial charge in [-0.05, 0) is 25.3 Å². The molecule has 1 aromatic rings. The van der Waals surface area contributed by atoms with Crippen LogP contribution in [0.3, 0.4) is 0 Å². The van der Waals surface area contributed by atoms with E-state index in [1.165, 1.54) is 12.8 Å². The minimum atomic E-state index is 0.543. The monoisotopic (exact) mass is 224 g/mol. The predicted octanol–water partition coefficient (Wildman–Crippen LogP) is 1.78. The van der Waals surface area contributed by atoms with Gasteiger partial charge in [-0.25, -0.2) is 0 Å². The minimum Gasteiger partial charge on any atom is -0.407 e. The average molecular weight is 224 g/mol. The van der Waals surface area contributed by atoms with E-state index in [1.807, 2.05) is 0 Å². The zero-order chi connectivity index (χ0) is 11.4. The van der Waals surface area contributed by atoms with E-state index in [9.17, 15) is 0 Å². The van der Waals surface area contributed by atoms with E-state index in [-0.39, 0.29) is 0 Å². The Morgan fingerprint density at radius 3 is 2.94 bits per heavy atom. The Labute approximate surface area is 96.0 Å². The summed E-state index contributed by atoms with van der Waals surface area (Å²) in [5.41, 5.74) is 0. The zero-order valence-corrected chi connectivity index (χ0v) is 9.99. The molecule has 5 heteroatoms. The van der Waals surface area contributed by atoms with Crippen molar-refractivity contribution in [1.82, 2.24) is 15.5 Å². The summed E-state index contributed by atoms with van der Waals surface area (Å²) < 4.78 is 5.48. The number of anilines is 1. The number of aromatic nitrogens is 2.